The summed E-state index contributed by atoms with van der Waals surface area (Å²) in [6.45, 7) is 1.75. The zero-order chi connectivity index (χ0) is 13.7. The first kappa shape index (κ1) is 13.4. The van der Waals surface area contributed by atoms with Crippen molar-refractivity contribution in [3.8, 4) is 5.75 Å². The van der Waals surface area contributed by atoms with Crippen molar-refractivity contribution in [3.05, 3.63) is 77.0 Å². The van der Waals surface area contributed by atoms with E-state index in [2.05, 4.69) is 0 Å². The normalized spacial score (nSPS) is 11.2. The summed E-state index contributed by atoms with van der Waals surface area (Å²) in [6.07, 6.45) is 1.48. The van der Waals surface area contributed by atoms with E-state index in [0.29, 0.717) is 22.1 Å². The highest BCUT2D eigenvalue weighted by Gasteiger charge is 2.03. The van der Waals surface area contributed by atoms with Crippen LogP contribution >= 0.6 is 11.6 Å². The minimum atomic E-state index is -0.0768. The van der Waals surface area contributed by atoms with Crippen LogP contribution in [0.2, 0.25) is 5.02 Å². The first-order chi connectivity index (χ1) is 9.15. The molecule has 0 aliphatic carbocycles. The molecule has 0 atom stereocenters. The Morgan fingerprint density at radius 1 is 1.05 bits per heavy atom. The number of ether oxygens (including phenoxy) is 1. The summed E-state index contributed by atoms with van der Waals surface area (Å²) in [5.74, 6) is 1.11. The third-order valence-electron chi connectivity index (χ3n) is 2.49. The number of hydrogen-bond acceptors (Lipinski definition) is 2. The number of ketones is 1. The second-order valence-corrected chi connectivity index (χ2v) is 4.48. The molecule has 0 aliphatic heterocycles. The predicted molar refractivity (Wildman–Crippen MR) is 76.6 cm³/mol. The van der Waals surface area contributed by atoms with Crippen molar-refractivity contribution in [2.24, 2.45) is 0 Å². The van der Waals surface area contributed by atoms with Crippen LogP contribution < -0.4 is 4.74 Å². The molecular formula is C16H13ClO2. The van der Waals surface area contributed by atoms with Gasteiger partial charge in [0, 0.05) is 16.7 Å². The van der Waals surface area contributed by atoms with Crippen molar-refractivity contribution in [1.82, 2.24) is 0 Å². The first-order valence-electron chi connectivity index (χ1n) is 5.86. The predicted octanol–water partition coefficient (Wildman–Crippen LogP) is 4.51. The standard InChI is InChI=1S/C16H13ClO2/c1-12(19-15-9-7-14(17)8-10-15)11-16(18)13-5-3-2-4-6-13/h2-11H,1H3/b12-11+. The van der Waals surface area contributed by atoms with E-state index in [1.807, 2.05) is 18.2 Å². The maximum Gasteiger partial charge on any atom is 0.189 e. The van der Waals surface area contributed by atoms with E-state index < -0.39 is 0 Å². The van der Waals surface area contributed by atoms with Gasteiger partial charge in [-0.1, -0.05) is 41.9 Å². The fraction of sp³-hybridized carbons (Fsp3) is 0.0625. The summed E-state index contributed by atoms with van der Waals surface area (Å²) < 4.78 is 5.54. The van der Waals surface area contributed by atoms with Crippen LogP contribution in [0.15, 0.2) is 66.4 Å². The third-order valence-corrected chi connectivity index (χ3v) is 2.74. The van der Waals surface area contributed by atoms with Crippen LogP contribution in [0.25, 0.3) is 0 Å². The number of carbonyl (C=O) groups excluding carboxylic acids is 1. The quantitative estimate of drug-likeness (QED) is 0.465. The molecule has 96 valence electrons. The van der Waals surface area contributed by atoms with Gasteiger partial charge in [0.25, 0.3) is 0 Å². The smallest absolute Gasteiger partial charge is 0.189 e. The Morgan fingerprint density at radius 3 is 2.32 bits per heavy atom. The average molecular weight is 273 g/mol. The summed E-state index contributed by atoms with van der Waals surface area (Å²) >= 11 is 5.79. The lowest BCUT2D eigenvalue weighted by Crippen LogP contribution is -1.98. The van der Waals surface area contributed by atoms with Gasteiger partial charge in [0.1, 0.15) is 11.5 Å². The van der Waals surface area contributed by atoms with E-state index in [4.69, 9.17) is 16.3 Å². The molecule has 3 heteroatoms. The van der Waals surface area contributed by atoms with Crippen LogP contribution in [0, 0.1) is 0 Å². The number of allylic oxidation sites excluding steroid dienone is 2. The lowest BCUT2D eigenvalue weighted by atomic mass is 10.1. The topological polar surface area (TPSA) is 26.3 Å². The Kier molecular flexibility index (Phi) is 4.37. The zero-order valence-corrected chi connectivity index (χ0v) is 11.2. The Morgan fingerprint density at radius 2 is 1.68 bits per heavy atom. The van der Waals surface area contributed by atoms with Crippen LogP contribution in [0.5, 0.6) is 5.75 Å². The van der Waals surface area contributed by atoms with Crippen LogP contribution in [0.1, 0.15) is 17.3 Å². The molecule has 19 heavy (non-hydrogen) atoms. The van der Waals surface area contributed by atoms with Crippen molar-refractivity contribution in [3.63, 3.8) is 0 Å². The monoisotopic (exact) mass is 272 g/mol. The van der Waals surface area contributed by atoms with Gasteiger partial charge in [-0.2, -0.15) is 0 Å². The molecule has 2 aromatic carbocycles. The number of hydrogen-bond donors (Lipinski definition) is 0. The first-order valence-corrected chi connectivity index (χ1v) is 6.24. The molecule has 0 fully saturated rings. The number of carbonyl (C=O) groups is 1. The van der Waals surface area contributed by atoms with E-state index >= 15 is 0 Å². The molecule has 0 aliphatic rings. The number of halogens is 1. The van der Waals surface area contributed by atoms with Crippen molar-refractivity contribution in [2.75, 3.05) is 0 Å². The lowest BCUT2D eigenvalue weighted by Gasteiger charge is -2.05. The van der Waals surface area contributed by atoms with Gasteiger partial charge in [-0.05, 0) is 31.2 Å². The maximum atomic E-state index is 11.9. The molecule has 0 saturated carbocycles. The summed E-state index contributed by atoms with van der Waals surface area (Å²) in [5, 5.41) is 0.648. The molecule has 2 rings (SSSR count). The molecule has 2 nitrogen and oxygen atoms in total. The molecule has 2 aromatic rings. The molecular weight excluding hydrogens is 260 g/mol. The lowest BCUT2D eigenvalue weighted by molar-refractivity contribution is 0.104. The summed E-state index contributed by atoms with van der Waals surface area (Å²) in [7, 11) is 0. The highest BCUT2D eigenvalue weighted by atomic mass is 35.5. The van der Waals surface area contributed by atoms with Gasteiger partial charge < -0.3 is 4.74 Å². The Balaban J connectivity index is 2.07. The highest BCUT2D eigenvalue weighted by Crippen LogP contribution is 2.18. The number of benzene rings is 2. The van der Waals surface area contributed by atoms with Crippen LogP contribution in [0.3, 0.4) is 0 Å². The summed E-state index contributed by atoms with van der Waals surface area (Å²) in [4.78, 5) is 11.9. The fourth-order valence-electron chi connectivity index (χ4n) is 1.59. The largest absolute Gasteiger partial charge is 0.462 e. The van der Waals surface area contributed by atoms with Crippen LogP contribution in [0.4, 0.5) is 0 Å². The van der Waals surface area contributed by atoms with E-state index in [0.717, 1.165) is 0 Å². The molecule has 0 spiro atoms. The third kappa shape index (κ3) is 3.97. The van der Waals surface area contributed by atoms with E-state index in [-0.39, 0.29) is 5.78 Å². The molecule has 0 bridgehead atoms. The molecule has 0 saturated heterocycles. The Bertz CT molecular complexity index is 586. The van der Waals surface area contributed by atoms with Crippen molar-refractivity contribution in [1.29, 1.82) is 0 Å². The molecule has 0 aromatic heterocycles. The summed E-state index contributed by atoms with van der Waals surface area (Å²) in [6, 6.07) is 16.1. The van der Waals surface area contributed by atoms with Gasteiger partial charge >= 0.3 is 0 Å². The molecule has 0 amide bonds. The average Bonchev–Trinajstić information content (AvgIpc) is 2.42. The molecule has 0 heterocycles. The van der Waals surface area contributed by atoms with Crippen molar-refractivity contribution < 1.29 is 9.53 Å². The fourth-order valence-corrected chi connectivity index (χ4v) is 1.71. The molecule has 0 N–H and O–H groups in total. The van der Waals surface area contributed by atoms with E-state index in [1.54, 1.807) is 43.3 Å². The van der Waals surface area contributed by atoms with Gasteiger partial charge in [-0.3, -0.25) is 4.79 Å². The van der Waals surface area contributed by atoms with Gasteiger partial charge in [-0.15, -0.1) is 0 Å². The van der Waals surface area contributed by atoms with Gasteiger partial charge in [0.05, 0.1) is 0 Å². The SMILES string of the molecule is C/C(=C\C(=O)c1ccccc1)Oc1ccc(Cl)cc1. The van der Waals surface area contributed by atoms with Crippen LogP contribution in [-0.4, -0.2) is 5.78 Å². The second-order valence-electron chi connectivity index (χ2n) is 4.04. The van der Waals surface area contributed by atoms with Crippen molar-refractivity contribution >= 4 is 17.4 Å². The van der Waals surface area contributed by atoms with Gasteiger partial charge in [0.15, 0.2) is 5.78 Å². The molecule has 0 unspecified atom stereocenters. The Labute approximate surface area is 117 Å². The van der Waals surface area contributed by atoms with Crippen LogP contribution in [-0.2, 0) is 0 Å². The maximum absolute atomic E-state index is 11.9. The highest BCUT2D eigenvalue weighted by molar-refractivity contribution is 6.30. The Hall–Kier alpha value is -2.06. The minimum absolute atomic E-state index is 0.0768. The number of rotatable bonds is 4. The zero-order valence-electron chi connectivity index (χ0n) is 10.5. The van der Waals surface area contributed by atoms with E-state index in [9.17, 15) is 4.79 Å². The van der Waals surface area contributed by atoms with E-state index in [1.165, 1.54) is 6.08 Å². The van der Waals surface area contributed by atoms with Gasteiger partial charge in [-0.25, -0.2) is 0 Å². The minimum Gasteiger partial charge on any atom is -0.462 e. The molecule has 0 radical (unpaired) electrons. The second kappa shape index (κ2) is 6.21. The van der Waals surface area contributed by atoms with Crippen molar-refractivity contribution in [2.45, 2.75) is 6.92 Å². The van der Waals surface area contributed by atoms with Gasteiger partial charge in [0.2, 0.25) is 0 Å². The summed E-state index contributed by atoms with van der Waals surface area (Å²) in [5.41, 5.74) is 0.640.